The van der Waals surface area contributed by atoms with Crippen LogP contribution in [0.1, 0.15) is 35.0 Å². The summed E-state index contributed by atoms with van der Waals surface area (Å²) in [5.74, 6) is -0.676. The fourth-order valence-corrected chi connectivity index (χ4v) is 3.77. The Morgan fingerprint density at radius 1 is 0.970 bits per heavy atom. The Bertz CT molecular complexity index is 1270. The average Bonchev–Trinajstić information content (AvgIpc) is 3.17. The van der Waals surface area contributed by atoms with Gasteiger partial charge in [-0.15, -0.1) is 0 Å². The molecule has 0 saturated heterocycles. The maximum atomic E-state index is 13.1. The summed E-state index contributed by atoms with van der Waals surface area (Å²) in [6, 6.07) is 17.1. The van der Waals surface area contributed by atoms with Crippen LogP contribution in [0.3, 0.4) is 0 Å². The highest BCUT2D eigenvalue weighted by atomic mass is 19.1. The molecular formula is C26H25FN4O2. The van der Waals surface area contributed by atoms with Crippen LogP contribution in [-0.4, -0.2) is 21.4 Å². The van der Waals surface area contributed by atoms with Crippen molar-refractivity contribution in [3.8, 4) is 0 Å². The van der Waals surface area contributed by atoms with Gasteiger partial charge < -0.3 is 15.2 Å². The van der Waals surface area contributed by atoms with E-state index in [1.54, 1.807) is 24.5 Å². The highest BCUT2D eigenvalue weighted by Crippen LogP contribution is 2.24. The summed E-state index contributed by atoms with van der Waals surface area (Å²) in [5.41, 5.74) is 3.87. The molecule has 2 N–H and O–H groups in total. The molecule has 0 aliphatic carbocycles. The van der Waals surface area contributed by atoms with Crippen LogP contribution in [0, 0.1) is 5.82 Å². The van der Waals surface area contributed by atoms with Gasteiger partial charge in [0.25, 0.3) is 5.91 Å². The van der Waals surface area contributed by atoms with E-state index in [2.05, 4.69) is 22.5 Å². The summed E-state index contributed by atoms with van der Waals surface area (Å²) >= 11 is 0. The minimum Gasteiger partial charge on any atom is -0.347 e. The fourth-order valence-electron chi connectivity index (χ4n) is 3.77. The zero-order chi connectivity index (χ0) is 23.2. The quantitative estimate of drug-likeness (QED) is 0.414. The summed E-state index contributed by atoms with van der Waals surface area (Å²) in [5, 5.41) is 6.73. The SMILES string of the molecule is CCCn1c(C(=O)NCc2ccncc2)cc2cc(NC(=O)Cc3ccc(F)cc3)ccc21. The van der Waals surface area contributed by atoms with Gasteiger partial charge in [0.2, 0.25) is 5.91 Å². The summed E-state index contributed by atoms with van der Waals surface area (Å²) < 4.78 is 15.1. The molecule has 4 aromatic rings. The van der Waals surface area contributed by atoms with Gasteiger partial charge in [-0.05, 0) is 66.1 Å². The predicted molar refractivity (Wildman–Crippen MR) is 126 cm³/mol. The molecule has 2 aromatic heterocycles. The molecule has 0 radical (unpaired) electrons. The Hall–Kier alpha value is -4.00. The second-order valence-electron chi connectivity index (χ2n) is 7.84. The molecule has 0 atom stereocenters. The first-order chi connectivity index (χ1) is 16.0. The topological polar surface area (TPSA) is 76.0 Å². The molecule has 2 amide bonds. The number of carbonyl (C=O) groups excluding carboxylic acids is 2. The van der Waals surface area contributed by atoms with Crippen molar-refractivity contribution in [3.63, 3.8) is 0 Å². The first-order valence-electron chi connectivity index (χ1n) is 10.9. The van der Waals surface area contributed by atoms with Gasteiger partial charge >= 0.3 is 0 Å². The zero-order valence-electron chi connectivity index (χ0n) is 18.3. The molecule has 6 nitrogen and oxygen atoms in total. The van der Waals surface area contributed by atoms with Crippen LogP contribution < -0.4 is 10.6 Å². The fraction of sp³-hybridized carbons (Fsp3) is 0.192. The Morgan fingerprint density at radius 2 is 1.73 bits per heavy atom. The van der Waals surface area contributed by atoms with E-state index >= 15 is 0 Å². The largest absolute Gasteiger partial charge is 0.347 e. The van der Waals surface area contributed by atoms with Gasteiger partial charge in [0.15, 0.2) is 0 Å². The number of nitrogens with zero attached hydrogens (tertiary/aromatic N) is 2. The average molecular weight is 445 g/mol. The van der Waals surface area contributed by atoms with Gasteiger partial charge in [-0.2, -0.15) is 0 Å². The van der Waals surface area contributed by atoms with Crippen LogP contribution in [0.2, 0.25) is 0 Å². The van der Waals surface area contributed by atoms with Crippen molar-refractivity contribution in [2.45, 2.75) is 32.9 Å². The van der Waals surface area contributed by atoms with Gasteiger partial charge in [-0.1, -0.05) is 19.1 Å². The zero-order valence-corrected chi connectivity index (χ0v) is 18.3. The number of hydrogen-bond acceptors (Lipinski definition) is 3. The molecule has 0 spiro atoms. The van der Waals surface area contributed by atoms with Gasteiger partial charge in [-0.25, -0.2) is 4.39 Å². The number of aryl methyl sites for hydroxylation is 1. The van der Waals surface area contributed by atoms with Crippen molar-refractivity contribution in [2.24, 2.45) is 0 Å². The summed E-state index contributed by atoms with van der Waals surface area (Å²) in [6.45, 7) is 3.19. The molecule has 0 aliphatic heterocycles. The Labute approximate surface area is 191 Å². The molecule has 2 aromatic carbocycles. The summed E-state index contributed by atoms with van der Waals surface area (Å²) in [7, 11) is 0. The minimum atomic E-state index is -0.332. The molecule has 4 rings (SSSR count). The predicted octanol–water partition coefficient (Wildman–Crippen LogP) is 4.70. The van der Waals surface area contributed by atoms with Crippen LogP contribution in [0.25, 0.3) is 10.9 Å². The third kappa shape index (κ3) is 5.44. The Kier molecular flexibility index (Phi) is 6.78. The molecule has 0 saturated carbocycles. The van der Waals surface area contributed by atoms with Crippen molar-refractivity contribution in [2.75, 3.05) is 5.32 Å². The van der Waals surface area contributed by atoms with Crippen LogP contribution in [0.4, 0.5) is 10.1 Å². The van der Waals surface area contributed by atoms with Crippen molar-refractivity contribution in [1.82, 2.24) is 14.9 Å². The lowest BCUT2D eigenvalue weighted by atomic mass is 10.1. The van der Waals surface area contributed by atoms with E-state index in [9.17, 15) is 14.0 Å². The monoisotopic (exact) mass is 444 g/mol. The van der Waals surface area contributed by atoms with Crippen LogP contribution in [0.15, 0.2) is 73.1 Å². The number of fused-ring (bicyclic) bond motifs is 1. The van der Waals surface area contributed by atoms with E-state index in [4.69, 9.17) is 0 Å². The van der Waals surface area contributed by atoms with Gasteiger partial charge in [0.1, 0.15) is 11.5 Å². The lowest BCUT2D eigenvalue weighted by molar-refractivity contribution is -0.115. The second kappa shape index (κ2) is 10.1. The van der Waals surface area contributed by atoms with Gasteiger partial charge in [0.05, 0.1) is 6.42 Å². The number of benzene rings is 2. The molecule has 2 heterocycles. The molecule has 0 bridgehead atoms. The first kappa shape index (κ1) is 22.2. The maximum absolute atomic E-state index is 13.1. The van der Waals surface area contributed by atoms with Crippen LogP contribution in [0.5, 0.6) is 0 Å². The van der Waals surface area contributed by atoms with E-state index < -0.39 is 0 Å². The van der Waals surface area contributed by atoms with E-state index in [-0.39, 0.29) is 24.1 Å². The number of halogens is 1. The van der Waals surface area contributed by atoms with E-state index in [0.29, 0.717) is 24.5 Å². The molecule has 168 valence electrons. The Morgan fingerprint density at radius 3 is 2.45 bits per heavy atom. The molecule has 0 unspecified atom stereocenters. The lowest BCUT2D eigenvalue weighted by Gasteiger charge is -2.10. The van der Waals surface area contributed by atoms with Crippen molar-refractivity contribution in [3.05, 3.63) is 95.7 Å². The van der Waals surface area contributed by atoms with Crippen LogP contribution in [-0.2, 0) is 24.3 Å². The smallest absolute Gasteiger partial charge is 0.268 e. The summed E-state index contributed by atoms with van der Waals surface area (Å²) in [4.78, 5) is 29.3. The lowest BCUT2D eigenvalue weighted by Crippen LogP contribution is -2.25. The maximum Gasteiger partial charge on any atom is 0.268 e. The highest BCUT2D eigenvalue weighted by molar-refractivity contribution is 6.00. The van der Waals surface area contributed by atoms with E-state index in [1.165, 1.54) is 12.1 Å². The standard InChI is InChI=1S/C26H25FN4O2/c1-2-13-31-23-8-7-22(30-25(32)14-18-3-5-21(27)6-4-18)15-20(23)16-24(31)26(33)29-17-19-9-11-28-12-10-19/h3-12,15-16H,2,13-14,17H2,1H3,(H,29,33)(H,30,32). The number of hydrogen-bond donors (Lipinski definition) is 2. The first-order valence-corrected chi connectivity index (χ1v) is 10.9. The minimum absolute atomic E-state index is 0.151. The molecular weight excluding hydrogens is 419 g/mol. The van der Waals surface area contributed by atoms with Crippen molar-refractivity contribution < 1.29 is 14.0 Å². The number of aromatic nitrogens is 2. The number of nitrogens with one attached hydrogen (secondary N) is 2. The second-order valence-corrected chi connectivity index (χ2v) is 7.84. The third-order valence-electron chi connectivity index (χ3n) is 5.35. The number of rotatable bonds is 8. The van der Waals surface area contributed by atoms with Crippen LogP contribution >= 0.6 is 0 Å². The third-order valence-corrected chi connectivity index (χ3v) is 5.35. The number of amides is 2. The number of pyridine rings is 1. The molecule has 0 fully saturated rings. The van der Waals surface area contributed by atoms with E-state index in [0.717, 1.165) is 28.5 Å². The number of carbonyl (C=O) groups is 2. The van der Waals surface area contributed by atoms with Gasteiger partial charge in [-0.3, -0.25) is 14.6 Å². The number of anilines is 1. The van der Waals surface area contributed by atoms with Gasteiger partial charge in [0, 0.05) is 42.1 Å². The summed E-state index contributed by atoms with van der Waals surface area (Å²) in [6.07, 6.45) is 4.42. The molecule has 0 aliphatic rings. The Balaban J connectivity index is 1.51. The van der Waals surface area contributed by atoms with E-state index in [1.807, 2.05) is 41.0 Å². The normalized spacial score (nSPS) is 10.8. The highest BCUT2D eigenvalue weighted by Gasteiger charge is 2.16. The van der Waals surface area contributed by atoms with Crippen molar-refractivity contribution >= 4 is 28.4 Å². The van der Waals surface area contributed by atoms with Crippen molar-refractivity contribution in [1.29, 1.82) is 0 Å². The molecule has 33 heavy (non-hydrogen) atoms. The molecule has 7 heteroatoms.